The number of carbonyl (C=O) groups is 1. The highest BCUT2D eigenvalue weighted by Gasteiger charge is 2.21. The van der Waals surface area contributed by atoms with E-state index in [1.54, 1.807) is 0 Å². The highest BCUT2D eigenvalue weighted by Crippen LogP contribution is 2.10. The normalized spacial score (nSPS) is 20.9. The van der Waals surface area contributed by atoms with E-state index >= 15 is 0 Å². The largest absolute Gasteiger partial charge is 0.376 e. The van der Waals surface area contributed by atoms with Crippen molar-refractivity contribution in [3.63, 3.8) is 0 Å². The van der Waals surface area contributed by atoms with E-state index in [0.717, 1.165) is 6.42 Å². The summed E-state index contributed by atoms with van der Waals surface area (Å²) in [4.78, 5) is 11.7. The monoisotopic (exact) mass is 228 g/mol. The summed E-state index contributed by atoms with van der Waals surface area (Å²) >= 11 is 0. The van der Waals surface area contributed by atoms with Gasteiger partial charge in [-0.3, -0.25) is 4.79 Å². The van der Waals surface area contributed by atoms with Crippen molar-refractivity contribution < 1.29 is 14.3 Å². The van der Waals surface area contributed by atoms with Crippen LogP contribution in [0.25, 0.3) is 0 Å². The lowest BCUT2D eigenvalue weighted by molar-refractivity contribution is -0.145. The average molecular weight is 228 g/mol. The Balaban J connectivity index is 1.97. The minimum atomic E-state index is -0.288. The van der Waals surface area contributed by atoms with Gasteiger partial charge in [-0.1, -0.05) is 39.0 Å². The van der Waals surface area contributed by atoms with Crippen molar-refractivity contribution in [3.8, 4) is 0 Å². The lowest BCUT2D eigenvalue weighted by atomic mass is 10.1. The number of ketones is 1. The van der Waals surface area contributed by atoms with Gasteiger partial charge in [0.2, 0.25) is 0 Å². The second kappa shape index (κ2) is 8.71. The molecule has 0 bridgehead atoms. The highest BCUT2D eigenvalue weighted by molar-refractivity contribution is 5.83. The molecule has 0 spiro atoms. The minimum Gasteiger partial charge on any atom is -0.376 e. The van der Waals surface area contributed by atoms with Gasteiger partial charge in [0.05, 0.1) is 19.8 Å². The Morgan fingerprint density at radius 2 is 1.88 bits per heavy atom. The summed E-state index contributed by atoms with van der Waals surface area (Å²) in [6.07, 6.45) is 7.67. The van der Waals surface area contributed by atoms with E-state index in [1.165, 1.54) is 32.1 Å². The maximum atomic E-state index is 11.7. The minimum absolute atomic E-state index is 0.218. The second-order valence-electron chi connectivity index (χ2n) is 4.42. The van der Waals surface area contributed by atoms with Gasteiger partial charge in [0.1, 0.15) is 6.10 Å². The lowest BCUT2D eigenvalue weighted by Gasteiger charge is -2.21. The molecule has 0 N–H and O–H groups in total. The van der Waals surface area contributed by atoms with Gasteiger partial charge in [0, 0.05) is 6.42 Å². The van der Waals surface area contributed by atoms with E-state index in [4.69, 9.17) is 9.47 Å². The first-order chi connectivity index (χ1) is 7.84. The topological polar surface area (TPSA) is 35.5 Å². The van der Waals surface area contributed by atoms with Crippen LogP contribution in [0.3, 0.4) is 0 Å². The third kappa shape index (κ3) is 5.61. The standard InChI is InChI=1S/C13H24O3/c1-2-3-4-5-6-7-8-12(14)13-11-15-9-10-16-13/h13H,2-11H2,1H3. The Labute approximate surface area is 98.5 Å². The van der Waals surface area contributed by atoms with Gasteiger partial charge in [-0.2, -0.15) is 0 Å². The van der Waals surface area contributed by atoms with Crippen molar-refractivity contribution in [1.29, 1.82) is 0 Å². The first-order valence-electron chi connectivity index (χ1n) is 6.56. The molecule has 1 saturated heterocycles. The molecule has 0 amide bonds. The first-order valence-corrected chi connectivity index (χ1v) is 6.56. The van der Waals surface area contributed by atoms with E-state index in [-0.39, 0.29) is 11.9 Å². The molecule has 1 fully saturated rings. The Kier molecular flexibility index (Phi) is 7.43. The van der Waals surface area contributed by atoms with E-state index < -0.39 is 0 Å². The molecular weight excluding hydrogens is 204 g/mol. The number of unbranched alkanes of at least 4 members (excludes halogenated alkanes) is 5. The lowest BCUT2D eigenvalue weighted by Crippen LogP contribution is -2.35. The van der Waals surface area contributed by atoms with Crippen LogP contribution in [-0.2, 0) is 14.3 Å². The van der Waals surface area contributed by atoms with Crippen LogP contribution in [0, 0.1) is 0 Å². The molecule has 0 aromatic heterocycles. The van der Waals surface area contributed by atoms with Crippen LogP contribution in [0.5, 0.6) is 0 Å². The molecule has 0 aromatic rings. The zero-order chi connectivity index (χ0) is 11.6. The van der Waals surface area contributed by atoms with E-state index in [9.17, 15) is 4.79 Å². The third-order valence-electron chi connectivity index (χ3n) is 2.95. The molecule has 1 aliphatic heterocycles. The molecule has 1 atom stereocenters. The number of rotatable bonds is 8. The summed E-state index contributed by atoms with van der Waals surface area (Å²) in [5.74, 6) is 0.218. The first kappa shape index (κ1) is 13.7. The predicted molar refractivity (Wildman–Crippen MR) is 63.6 cm³/mol. The van der Waals surface area contributed by atoms with Crippen LogP contribution >= 0.6 is 0 Å². The van der Waals surface area contributed by atoms with Gasteiger partial charge in [-0.05, 0) is 6.42 Å². The van der Waals surface area contributed by atoms with Gasteiger partial charge < -0.3 is 9.47 Å². The number of hydrogen-bond donors (Lipinski definition) is 0. The molecule has 1 unspecified atom stereocenters. The summed E-state index contributed by atoms with van der Waals surface area (Å²) in [5.41, 5.74) is 0. The summed E-state index contributed by atoms with van der Waals surface area (Å²) in [6.45, 7) is 3.85. The molecular formula is C13H24O3. The fourth-order valence-corrected chi connectivity index (χ4v) is 1.91. The quantitative estimate of drug-likeness (QED) is 0.599. The predicted octanol–water partition coefficient (Wildman–Crippen LogP) is 2.72. The Bertz CT molecular complexity index is 186. The zero-order valence-electron chi connectivity index (χ0n) is 10.4. The van der Waals surface area contributed by atoms with Crippen LogP contribution in [0.1, 0.15) is 51.9 Å². The van der Waals surface area contributed by atoms with E-state index in [2.05, 4.69) is 6.92 Å². The van der Waals surface area contributed by atoms with Crippen LogP contribution < -0.4 is 0 Å². The summed E-state index contributed by atoms with van der Waals surface area (Å²) in [7, 11) is 0. The van der Waals surface area contributed by atoms with Gasteiger partial charge in [-0.15, -0.1) is 0 Å². The van der Waals surface area contributed by atoms with Crippen molar-refractivity contribution in [2.75, 3.05) is 19.8 Å². The van der Waals surface area contributed by atoms with Crippen molar-refractivity contribution in [1.82, 2.24) is 0 Å². The second-order valence-corrected chi connectivity index (χ2v) is 4.42. The van der Waals surface area contributed by atoms with Gasteiger partial charge in [0.15, 0.2) is 5.78 Å². The fraction of sp³-hybridized carbons (Fsp3) is 0.923. The van der Waals surface area contributed by atoms with Crippen LogP contribution in [0.15, 0.2) is 0 Å². The molecule has 16 heavy (non-hydrogen) atoms. The number of hydrogen-bond acceptors (Lipinski definition) is 3. The molecule has 1 heterocycles. The Morgan fingerprint density at radius 3 is 2.56 bits per heavy atom. The SMILES string of the molecule is CCCCCCCCC(=O)C1COCCO1. The molecule has 0 radical (unpaired) electrons. The molecule has 94 valence electrons. The summed E-state index contributed by atoms with van der Waals surface area (Å²) in [6, 6.07) is 0. The van der Waals surface area contributed by atoms with E-state index in [1.807, 2.05) is 0 Å². The van der Waals surface area contributed by atoms with Crippen molar-refractivity contribution >= 4 is 5.78 Å². The average Bonchev–Trinajstić information content (AvgIpc) is 2.34. The number of carbonyl (C=O) groups excluding carboxylic acids is 1. The molecule has 1 aliphatic rings. The van der Waals surface area contributed by atoms with Gasteiger partial charge in [0.25, 0.3) is 0 Å². The molecule has 0 saturated carbocycles. The number of Topliss-reactive ketones (excluding diaryl/α,β-unsaturated/α-hetero) is 1. The fourth-order valence-electron chi connectivity index (χ4n) is 1.91. The van der Waals surface area contributed by atoms with Crippen LogP contribution in [0.4, 0.5) is 0 Å². The maximum Gasteiger partial charge on any atom is 0.163 e. The Hall–Kier alpha value is -0.410. The zero-order valence-corrected chi connectivity index (χ0v) is 10.4. The highest BCUT2D eigenvalue weighted by atomic mass is 16.6. The van der Waals surface area contributed by atoms with Crippen molar-refractivity contribution in [2.24, 2.45) is 0 Å². The number of ether oxygens (including phenoxy) is 2. The molecule has 0 aliphatic carbocycles. The molecule has 3 heteroatoms. The summed E-state index contributed by atoms with van der Waals surface area (Å²) < 4.78 is 10.6. The molecule has 1 rings (SSSR count). The van der Waals surface area contributed by atoms with Gasteiger partial charge >= 0.3 is 0 Å². The van der Waals surface area contributed by atoms with Crippen molar-refractivity contribution in [2.45, 2.75) is 58.0 Å². The third-order valence-corrected chi connectivity index (χ3v) is 2.95. The molecule has 0 aromatic carbocycles. The summed E-state index contributed by atoms with van der Waals surface area (Å²) in [5, 5.41) is 0. The maximum absolute atomic E-state index is 11.7. The Morgan fingerprint density at radius 1 is 1.12 bits per heavy atom. The van der Waals surface area contributed by atoms with Crippen LogP contribution in [0.2, 0.25) is 0 Å². The molecule has 3 nitrogen and oxygen atoms in total. The van der Waals surface area contributed by atoms with E-state index in [0.29, 0.717) is 26.2 Å². The smallest absolute Gasteiger partial charge is 0.163 e. The van der Waals surface area contributed by atoms with Crippen LogP contribution in [-0.4, -0.2) is 31.7 Å². The van der Waals surface area contributed by atoms with Gasteiger partial charge in [-0.25, -0.2) is 0 Å². The van der Waals surface area contributed by atoms with Crippen molar-refractivity contribution in [3.05, 3.63) is 0 Å².